The number of nitrogens with one attached hydrogen (secondary N) is 1. The van der Waals surface area contributed by atoms with Crippen LogP contribution < -0.4 is 5.32 Å². The van der Waals surface area contributed by atoms with Crippen molar-refractivity contribution in [1.82, 2.24) is 14.7 Å². The van der Waals surface area contributed by atoms with Crippen molar-refractivity contribution in [2.24, 2.45) is 7.05 Å². The second-order valence-electron chi connectivity index (χ2n) is 8.10. The number of amides is 1. The standard InChI is InChI=1S/C25H20ClFN4O3/c1-30-23(11-20(29-30)18-7-6-16(26)8-19(18)27)28-21-9-17(32)10-22(33)24(21)25(34)31-12-14-4-2-3-5-15(14)13-31/h2-11,28,32-33H,12-13H2,1H3. The van der Waals surface area contributed by atoms with E-state index in [4.69, 9.17) is 11.6 Å². The zero-order valence-corrected chi connectivity index (χ0v) is 18.8. The molecule has 0 fully saturated rings. The fourth-order valence-corrected chi connectivity index (χ4v) is 4.28. The van der Waals surface area contributed by atoms with Crippen molar-refractivity contribution in [2.45, 2.75) is 13.1 Å². The number of hydrogen-bond acceptors (Lipinski definition) is 5. The average Bonchev–Trinajstić information content (AvgIpc) is 3.37. The van der Waals surface area contributed by atoms with Crippen LogP contribution in [0.25, 0.3) is 11.3 Å². The molecule has 0 spiro atoms. The molecule has 1 amide bonds. The maximum absolute atomic E-state index is 14.4. The molecule has 0 saturated heterocycles. The van der Waals surface area contributed by atoms with Gasteiger partial charge in [-0.2, -0.15) is 5.10 Å². The molecule has 0 aliphatic carbocycles. The second-order valence-corrected chi connectivity index (χ2v) is 8.54. The number of anilines is 2. The Bertz CT molecular complexity index is 1410. The van der Waals surface area contributed by atoms with Crippen molar-refractivity contribution in [2.75, 3.05) is 5.32 Å². The van der Waals surface area contributed by atoms with Gasteiger partial charge in [0.05, 0.1) is 11.4 Å². The molecule has 9 heteroatoms. The number of phenolic OH excluding ortho intramolecular Hbond substituents is 2. The quantitative estimate of drug-likeness (QED) is 0.375. The van der Waals surface area contributed by atoms with Crippen molar-refractivity contribution in [3.8, 4) is 22.8 Å². The summed E-state index contributed by atoms with van der Waals surface area (Å²) in [7, 11) is 1.65. The molecule has 0 unspecified atom stereocenters. The number of carbonyl (C=O) groups is 1. The van der Waals surface area contributed by atoms with Crippen LogP contribution in [0.1, 0.15) is 21.5 Å². The van der Waals surface area contributed by atoms with Crippen LogP contribution in [0.4, 0.5) is 15.9 Å². The Morgan fingerprint density at radius 1 is 1.06 bits per heavy atom. The Balaban J connectivity index is 1.49. The van der Waals surface area contributed by atoms with Crippen LogP contribution in [0.5, 0.6) is 11.5 Å². The van der Waals surface area contributed by atoms with Crippen LogP contribution in [0.15, 0.2) is 60.7 Å². The second kappa shape index (κ2) is 8.39. The topological polar surface area (TPSA) is 90.6 Å². The van der Waals surface area contributed by atoms with Crippen LogP contribution in [-0.4, -0.2) is 30.8 Å². The third-order valence-corrected chi connectivity index (χ3v) is 6.03. The first-order valence-corrected chi connectivity index (χ1v) is 10.9. The first-order chi connectivity index (χ1) is 16.3. The first kappa shape index (κ1) is 21.8. The number of hydrogen-bond donors (Lipinski definition) is 3. The van der Waals surface area contributed by atoms with Crippen LogP contribution >= 0.6 is 11.6 Å². The molecule has 3 aromatic carbocycles. The number of carbonyl (C=O) groups excluding carboxylic acids is 1. The fourth-order valence-electron chi connectivity index (χ4n) is 4.12. The molecule has 2 heterocycles. The molecule has 1 aliphatic rings. The average molecular weight is 479 g/mol. The van der Waals surface area contributed by atoms with E-state index in [9.17, 15) is 19.4 Å². The van der Waals surface area contributed by atoms with Gasteiger partial charge in [0.2, 0.25) is 0 Å². The summed E-state index contributed by atoms with van der Waals surface area (Å²) >= 11 is 5.85. The highest BCUT2D eigenvalue weighted by Gasteiger charge is 2.28. The van der Waals surface area contributed by atoms with Crippen molar-refractivity contribution >= 4 is 29.0 Å². The largest absolute Gasteiger partial charge is 0.508 e. The van der Waals surface area contributed by atoms with Gasteiger partial charge in [-0.25, -0.2) is 4.39 Å². The van der Waals surface area contributed by atoms with Gasteiger partial charge in [0.25, 0.3) is 5.91 Å². The van der Waals surface area contributed by atoms with Crippen LogP contribution in [0.2, 0.25) is 5.02 Å². The van der Waals surface area contributed by atoms with E-state index in [0.29, 0.717) is 24.6 Å². The highest BCUT2D eigenvalue weighted by Crippen LogP contribution is 2.36. The Morgan fingerprint density at radius 3 is 2.44 bits per heavy atom. The molecule has 0 bridgehead atoms. The van der Waals surface area contributed by atoms with E-state index >= 15 is 0 Å². The number of halogens is 2. The maximum Gasteiger partial charge on any atom is 0.260 e. The zero-order valence-electron chi connectivity index (χ0n) is 18.1. The summed E-state index contributed by atoms with van der Waals surface area (Å²) < 4.78 is 15.9. The predicted molar refractivity (Wildman–Crippen MR) is 127 cm³/mol. The number of nitrogens with zero attached hydrogens (tertiary/aromatic N) is 3. The number of aryl methyl sites for hydroxylation is 1. The van der Waals surface area contributed by atoms with Gasteiger partial charge >= 0.3 is 0 Å². The molecule has 34 heavy (non-hydrogen) atoms. The van der Waals surface area contributed by atoms with Gasteiger partial charge in [0.15, 0.2) is 0 Å². The Kier molecular flexibility index (Phi) is 5.37. The monoisotopic (exact) mass is 478 g/mol. The fraction of sp³-hybridized carbons (Fsp3) is 0.120. The summed E-state index contributed by atoms with van der Waals surface area (Å²) in [6.07, 6.45) is 0. The van der Waals surface area contributed by atoms with E-state index in [-0.39, 0.29) is 39.2 Å². The summed E-state index contributed by atoms with van der Waals surface area (Å²) in [4.78, 5) is 15.0. The molecule has 1 aromatic heterocycles. The van der Waals surface area contributed by atoms with Crippen molar-refractivity contribution in [3.05, 3.63) is 88.2 Å². The first-order valence-electron chi connectivity index (χ1n) is 10.5. The Labute approximate surface area is 199 Å². The van der Waals surface area contributed by atoms with E-state index < -0.39 is 5.82 Å². The summed E-state index contributed by atoms with van der Waals surface area (Å²) in [5, 5.41) is 28.3. The molecule has 1 aliphatic heterocycles. The number of phenols is 2. The smallest absolute Gasteiger partial charge is 0.260 e. The summed E-state index contributed by atoms with van der Waals surface area (Å²) in [6, 6.07) is 16.2. The molecular weight excluding hydrogens is 459 g/mol. The summed E-state index contributed by atoms with van der Waals surface area (Å²) in [5.74, 6) is -1.05. The number of aromatic nitrogens is 2. The van der Waals surface area contributed by atoms with Gasteiger partial charge in [0.1, 0.15) is 28.7 Å². The molecule has 4 aromatic rings. The lowest BCUT2D eigenvalue weighted by molar-refractivity contribution is 0.0749. The van der Waals surface area contributed by atoms with Gasteiger partial charge in [-0.15, -0.1) is 0 Å². The van der Waals surface area contributed by atoms with Crippen molar-refractivity contribution < 1.29 is 19.4 Å². The molecule has 5 rings (SSSR count). The van der Waals surface area contributed by atoms with Gasteiger partial charge < -0.3 is 20.4 Å². The highest BCUT2D eigenvalue weighted by molar-refractivity contribution is 6.30. The van der Waals surface area contributed by atoms with Gasteiger partial charge in [0, 0.05) is 48.9 Å². The lowest BCUT2D eigenvalue weighted by Gasteiger charge is -2.19. The van der Waals surface area contributed by atoms with Crippen molar-refractivity contribution in [1.29, 1.82) is 0 Å². The lowest BCUT2D eigenvalue weighted by atomic mass is 10.1. The number of rotatable bonds is 4. The van der Waals surface area contributed by atoms with Crippen molar-refractivity contribution in [3.63, 3.8) is 0 Å². The zero-order chi connectivity index (χ0) is 24.0. The third kappa shape index (κ3) is 3.92. The minimum Gasteiger partial charge on any atom is -0.508 e. The minimum absolute atomic E-state index is 0.0195. The van der Waals surface area contributed by atoms with Crippen LogP contribution in [0, 0.1) is 5.82 Å². The van der Waals surface area contributed by atoms with Gasteiger partial charge in [-0.05, 0) is 29.3 Å². The SMILES string of the molecule is Cn1nc(-c2ccc(Cl)cc2F)cc1Nc1cc(O)cc(O)c1C(=O)N1Cc2ccccc2C1. The molecule has 7 nitrogen and oxygen atoms in total. The van der Waals surface area contributed by atoms with E-state index in [1.54, 1.807) is 24.1 Å². The summed E-state index contributed by atoms with van der Waals surface area (Å²) in [5.41, 5.74) is 2.93. The van der Waals surface area contributed by atoms with E-state index in [1.807, 2.05) is 24.3 Å². The van der Waals surface area contributed by atoms with Crippen LogP contribution in [0.3, 0.4) is 0 Å². The molecule has 0 radical (unpaired) electrons. The Morgan fingerprint density at radius 2 is 1.76 bits per heavy atom. The normalized spacial score (nSPS) is 12.6. The van der Waals surface area contributed by atoms with Gasteiger partial charge in [-0.3, -0.25) is 9.48 Å². The van der Waals surface area contributed by atoms with Gasteiger partial charge in [-0.1, -0.05) is 35.9 Å². The minimum atomic E-state index is -0.517. The van der Waals surface area contributed by atoms with E-state index in [2.05, 4.69) is 10.4 Å². The van der Waals surface area contributed by atoms with E-state index in [1.165, 1.54) is 22.9 Å². The van der Waals surface area contributed by atoms with Crippen LogP contribution in [-0.2, 0) is 20.1 Å². The molecular formula is C25H20ClFN4O3. The number of benzene rings is 3. The third-order valence-electron chi connectivity index (χ3n) is 5.79. The highest BCUT2D eigenvalue weighted by atomic mass is 35.5. The predicted octanol–water partition coefficient (Wildman–Crippen LogP) is 5.19. The number of fused-ring (bicyclic) bond motifs is 1. The molecule has 0 saturated carbocycles. The molecule has 3 N–H and O–H groups in total. The summed E-state index contributed by atoms with van der Waals surface area (Å²) in [6.45, 7) is 0.834. The molecule has 172 valence electrons. The maximum atomic E-state index is 14.4. The number of aromatic hydroxyl groups is 2. The Hall–Kier alpha value is -4.04. The molecule has 0 atom stereocenters. The lowest BCUT2D eigenvalue weighted by Crippen LogP contribution is -2.26. The van der Waals surface area contributed by atoms with E-state index in [0.717, 1.165) is 17.2 Å².